The van der Waals surface area contributed by atoms with E-state index in [1.54, 1.807) is 23.8 Å². The smallest absolute Gasteiger partial charge is 0.258 e. The number of fused-ring (bicyclic) bond motifs is 1. The van der Waals surface area contributed by atoms with Crippen LogP contribution in [0.25, 0.3) is 26.8 Å². The van der Waals surface area contributed by atoms with Gasteiger partial charge in [0.25, 0.3) is 5.56 Å². The molecule has 0 unspecified atom stereocenters. The lowest BCUT2D eigenvalue weighted by atomic mass is 10.1. The Bertz CT molecular complexity index is 1140. The maximum absolute atomic E-state index is 12.5. The third-order valence-electron chi connectivity index (χ3n) is 3.67. The fourth-order valence-corrected chi connectivity index (χ4v) is 3.86. The van der Waals surface area contributed by atoms with Crippen LogP contribution in [0.4, 0.5) is 0 Å². The van der Waals surface area contributed by atoms with Crippen molar-refractivity contribution in [1.82, 2.24) is 19.4 Å². The first-order valence-corrected chi connectivity index (χ1v) is 8.51. The van der Waals surface area contributed by atoms with Gasteiger partial charge in [-0.15, -0.1) is 0 Å². The van der Waals surface area contributed by atoms with E-state index in [2.05, 4.69) is 15.0 Å². The maximum atomic E-state index is 12.5. The molecule has 8 heteroatoms. The fourth-order valence-electron chi connectivity index (χ4n) is 2.63. The second-order valence-corrected chi connectivity index (χ2v) is 6.41. The van der Waals surface area contributed by atoms with Gasteiger partial charge in [0.05, 0.1) is 23.4 Å². The molecule has 3 heterocycles. The molecule has 0 aliphatic rings. The maximum Gasteiger partial charge on any atom is 0.258 e. The Labute approximate surface area is 151 Å². The molecule has 3 aromatic heterocycles. The molecule has 0 aliphatic heterocycles. The number of hydrogen-bond donors (Lipinski definition) is 0. The molecule has 0 N–H and O–H groups in total. The van der Waals surface area contributed by atoms with Crippen molar-refractivity contribution in [2.75, 3.05) is 7.11 Å². The number of benzene rings is 1. The van der Waals surface area contributed by atoms with Crippen LogP contribution in [0.1, 0.15) is 0 Å². The van der Waals surface area contributed by atoms with Gasteiger partial charge in [-0.05, 0) is 29.8 Å². The summed E-state index contributed by atoms with van der Waals surface area (Å²) in [6, 6.07) is 10.7. The van der Waals surface area contributed by atoms with Crippen LogP contribution in [0.5, 0.6) is 5.75 Å². The number of rotatable bonds is 3. The van der Waals surface area contributed by atoms with Crippen molar-refractivity contribution >= 4 is 27.9 Å². The van der Waals surface area contributed by atoms with Gasteiger partial charge >= 0.3 is 0 Å². The molecule has 1 aromatic carbocycles. The number of ether oxygens (including phenoxy) is 1. The average Bonchev–Trinajstić information content (AvgIpc) is 3.02. The molecule has 0 amide bonds. The summed E-state index contributed by atoms with van der Waals surface area (Å²) in [4.78, 5) is 26.4. The molecule has 0 saturated carbocycles. The molecule has 124 valence electrons. The third kappa shape index (κ3) is 2.67. The van der Waals surface area contributed by atoms with Gasteiger partial charge in [0.2, 0.25) is 5.28 Å². The van der Waals surface area contributed by atoms with Crippen LogP contribution >= 0.6 is 22.9 Å². The largest absolute Gasteiger partial charge is 0.496 e. The van der Waals surface area contributed by atoms with Crippen LogP contribution in [0, 0.1) is 0 Å². The van der Waals surface area contributed by atoms with E-state index in [1.165, 1.54) is 23.6 Å². The second kappa shape index (κ2) is 6.27. The number of halogens is 1. The summed E-state index contributed by atoms with van der Waals surface area (Å²) in [6.07, 6.45) is 3.08. The van der Waals surface area contributed by atoms with Gasteiger partial charge in [0.15, 0.2) is 4.96 Å². The molecule has 0 spiro atoms. The molecule has 0 bridgehead atoms. The van der Waals surface area contributed by atoms with Crippen LogP contribution < -0.4 is 10.3 Å². The van der Waals surface area contributed by atoms with Gasteiger partial charge in [-0.3, -0.25) is 9.20 Å². The van der Waals surface area contributed by atoms with Gasteiger partial charge in [0, 0.05) is 24.0 Å². The first-order chi connectivity index (χ1) is 12.2. The highest BCUT2D eigenvalue weighted by atomic mass is 35.5. The minimum absolute atomic E-state index is 0.140. The van der Waals surface area contributed by atoms with Gasteiger partial charge < -0.3 is 4.74 Å². The van der Waals surface area contributed by atoms with Crippen molar-refractivity contribution in [2.45, 2.75) is 0 Å². The number of methoxy groups -OCH3 is 1. The molecule has 0 atom stereocenters. The molecule has 0 radical (unpaired) electrons. The van der Waals surface area contributed by atoms with Crippen molar-refractivity contribution < 1.29 is 4.74 Å². The molecule has 25 heavy (non-hydrogen) atoms. The summed E-state index contributed by atoms with van der Waals surface area (Å²) in [5.74, 6) is 0.652. The summed E-state index contributed by atoms with van der Waals surface area (Å²) in [5, 5.41) is 0.140. The molecule has 0 fully saturated rings. The highest BCUT2D eigenvalue weighted by molar-refractivity contribution is 7.20. The van der Waals surface area contributed by atoms with Crippen molar-refractivity contribution in [2.24, 2.45) is 0 Å². The van der Waals surface area contributed by atoms with Crippen molar-refractivity contribution in [3.8, 4) is 27.6 Å². The van der Waals surface area contributed by atoms with Gasteiger partial charge in [-0.25, -0.2) is 15.0 Å². The molecule has 4 aromatic rings. The lowest BCUT2D eigenvalue weighted by Gasteiger charge is -2.10. The molecular weight excluding hydrogens is 360 g/mol. The Morgan fingerprint density at radius 3 is 2.72 bits per heavy atom. The first kappa shape index (κ1) is 15.7. The lowest BCUT2D eigenvalue weighted by molar-refractivity contribution is 0.416. The normalized spacial score (nSPS) is 11.0. The van der Waals surface area contributed by atoms with E-state index in [4.69, 9.17) is 16.3 Å². The van der Waals surface area contributed by atoms with Gasteiger partial charge in [0.1, 0.15) is 5.75 Å². The van der Waals surface area contributed by atoms with Gasteiger partial charge in [-0.1, -0.05) is 23.5 Å². The monoisotopic (exact) mass is 370 g/mol. The Hall–Kier alpha value is -2.77. The number of hydrogen-bond acceptors (Lipinski definition) is 6. The minimum Gasteiger partial charge on any atom is -0.496 e. The van der Waals surface area contributed by atoms with E-state index < -0.39 is 0 Å². The van der Waals surface area contributed by atoms with E-state index in [0.717, 1.165) is 10.4 Å². The topological polar surface area (TPSA) is 69.4 Å². The Balaban J connectivity index is 2.14. The molecule has 4 rings (SSSR count). The van der Waals surface area contributed by atoms with Crippen LogP contribution in [0.15, 0.2) is 53.6 Å². The number of thiazole rings is 1. The van der Waals surface area contributed by atoms with Crippen LogP contribution in [-0.4, -0.2) is 26.5 Å². The summed E-state index contributed by atoms with van der Waals surface area (Å²) < 4.78 is 7.05. The number of para-hydroxylation sites is 1. The van der Waals surface area contributed by atoms with E-state index >= 15 is 0 Å². The summed E-state index contributed by atoms with van der Waals surface area (Å²) in [7, 11) is 1.59. The molecule has 6 nitrogen and oxygen atoms in total. The number of aromatic nitrogens is 4. The van der Waals surface area contributed by atoms with E-state index in [0.29, 0.717) is 22.1 Å². The van der Waals surface area contributed by atoms with Crippen molar-refractivity contribution in [3.63, 3.8) is 0 Å². The predicted molar refractivity (Wildman–Crippen MR) is 97.4 cm³/mol. The lowest BCUT2D eigenvalue weighted by Crippen LogP contribution is -2.12. The zero-order valence-electron chi connectivity index (χ0n) is 13.0. The summed E-state index contributed by atoms with van der Waals surface area (Å²) in [6.45, 7) is 0. The van der Waals surface area contributed by atoms with E-state index in [1.807, 2.05) is 24.3 Å². The van der Waals surface area contributed by atoms with E-state index in [-0.39, 0.29) is 10.8 Å². The first-order valence-electron chi connectivity index (χ1n) is 7.32. The highest BCUT2D eigenvalue weighted by Crippen LogP contribution is 2.40. The summed E-state index contributed by atoms with van der Waals surface area (Å²) in [5.41, 5.74) is 1.89. The average molecular weight is 371 g/mol. The molecule has 0 saturated heterocycles. The zero-order chi connectivity index (χ0) is 17.4. The highest BCUT2D eigenvalue weighted by Gasteiger charge is 2.21. The van der Waals surface area contributed by atoms with E-state index in [9.17, 15) is 4.79 Å². The van der Waals surface area contributed by atoms with Crippen molar-refractivity contribution in [1.29, 1.82) is 0 Å². The standard InChI is InChI=1S/C17H11ClN4O2S/c1-24-12-5-3-2-4-10(12)14-15(11-6-8-19-16(18)21-11)25-17-20-9-7-13(23)22(14)17/h2-9H,1H3. The SMILES string of the molecule is COc1ccccc1-c1c(-c2ccnc(Cl)n2)sc2nccc(=O)n12. The summed E-state index contributed by atoms with van der Waals surface area (Å²) >= 11 is 7.32. The predicted octanol–water partition coefficient (Wildman–Crippen LogP) is 3.54. The van der Waals surface area contributed by atoms with Crippen LogP contribution in [0.2, 0.25) is 5.28 Å². The Morgan fingerprint density at radius 1 is 1.12 bits per heavy atom. The third-order valence-corrected chi connectivity index (χ3v) is 4.93. The van der Waals surface area contributed by atoms with Crippen LogP contribution in [0.3, 0.4) is 0 Å². The molecule has 0 aliphatic carbocycles. The zero-order valence-corrected chi connectivity index (χ0v) is 14.6. The van der Waals surface area contributed by atoms with Crippen molar-refractivity contribution in [3.05, 3.63) is 64.4 Å². The Kier molecular flexibility index (Phi) is 3.95. The minimum atomic E-state index is -0.173. The fraction of sp³-hybridized carbons (Fsp3) is 0.0588. The van der Waals surface area contributed by atoms with Gasteiger partial charge in [-0.2, -0.15) is 0 Å². The Morgan fingerprint density at radius 2 is 1.92 bits per heavy atom. The number of nitrogens with zero attached hydrogens (tertiary/aromatic N) is 4. The quantitative estimate of drug-likeness (QED) is 0.516. The van der Waals surface area contributed by atoms with Crippen LogP contribution in [-0.2, 0) is 0 Å². The second-order valence-electron chi connectivity index (χ2n) is 5.09. The molecular formula is C17H11ClN4O2S.